The van der Waals surface area contributed by atoms with E-state index in [1.807, 2.05) is 86.6 Å². The number of esters is 2. The molecule has 0 aromatic heterocycles. The number of anilines is 1. The molecule has 6 aromatic carbocycles. The number of nitro groups is 1. The first-order valence-electron chi connectivity index (χ1n) is 35.2. The lowest BCUT2D eigenvalue weighted by molar-refractivity contribution is -0.385. The molecule has 0 N–H and O–H groups in total. The fraction of sp³-hybridized carbons (Fsp3) is 0.475. The van der Waals surface area contributed by atoms with E-state index in [0.717, 1.165) is 130 Å². The van der Waals surface area contributed by atoms with E-state index in [1.54, 1.807) is 36.4 Å². The van der Waals surface area contributed by atoms with Crippen LogP contribution in [0.1, 0.15) is 230 Å². The summed E-state index contributed by atoms with van der Waals surface area (Å²) < 4.78 is 37.6. The van der Waals surface area contributed by atoms with Crippen molar-refractivity contribution in [1.29, 1.82) is 0 Å². The summed E-state index contributed by atoms with van der Waals surface area (Å²) in [6.45, 7) is 19.1. The number of allylic oxidation sites excluding steroid dienone is 4. The molecule has 94 heavy (non-hydrogen) atoms. The van der Waals surface area contributed by atoms with Gasteiger partial charge in [0.15, 0.2) is 11.5 Å². The molecule has 6 aromatic rings. The second-order valence-corrected chi connectivity index (χ2v) is 24.4. The zero-order valence-electron chi connectivity index (χ0n) is 57.7. The Morgan fingerprint density at radius 2 is 0.851 bits per heavy atom. The first kappa shape index (κ1) is 74.8. The maximum Gasteiger partial charge on any atom is 0.343 e. The van der Waals surface area contributed by atoms with Gasteiger partial charge in [0, 0.05) is 31.3 Å². The number of hydrogen-bond acceptors (Lipinski definition) is 13. The molecular formula is C80H106N4O10. The summed E-state index contributed by atoms with van der Waals surface area (Å²) in [6, 6.07) is 36.0. The minimum Gasteiger partial charge on any atom is -0.494 e. The fourth-order valence-electron chi connectivity index (χ4n) is 11.2. The summed E-state index contributed by atoms with van der Waals surface area (Å²) in [5.41, 5.74) is 4.59. The van der Waals surface area contributed by atoms with Crippen LogP contribution in [0, 0.1) is 10.1 Å². The molecule has 0 heterocycles. The van der Waals surface area contributed by atoms with Crippen LogP contribution in [0.15, 0.2) is 156 Å². The van der Waals surface area contributed by atoms with Gasteiger partial charge in [-0.3, -0.25) is 10.1 Å². The van der Waals surface area contributed by atoms with Crippen molar-refractivity contribution in [1.82, 2.24) is 0 Å². The van der Waals surface area contributed by atoms with Crippen LogP contribution in [0.3, 0.4) is 0 Å². The second-order valence-electron chi connectivity index (χ2n) is 24.4. The molecular weight excluding hydrogens is 1180 g/mol. The van der Waals surface area contributed by atoms with Gasteiger partial charge in [-0.2, -0.15) is 0 Å². The number of unbranched alkanes of at least 4 members (excludes halogenated alkanes) is 18. The van der Waals surface area contributed by atoms with Crippen LogP contribution in [-0.2, 0) is 0 Å². The van der Waals surface area contributed by atoms with E-state index < -0.39 is 22.5 Å². The Morgan fingerprint density at radius 3 is 1.28 bits per heavy atom. The molecule has 14 nitrogen and oxygen atoms in total. The Labute approximate surface area is 561 Å². The maximum absolute atomic E-state index is 14.4. The summed E-state index contributed by atoms with van der Waals surface area (Å²) in [5.74, 6) is 0.513. The molecule has 0 bridgehead atoms. The van der Waals surface area contributed by atoms with Gasteiger partial charge in [-0.15, -0.1) is 10.2 Å². The minimum atomic E-state index is -0.811. The summed E-state index contributed by atoms with van der Waals surface area (Å²) >= 11 is 0. The number of azo groups is 1. The summed E-state index contributed by atoms with van der Waals surface area (Å²) in [6.07, 6.45) is 34.6. The highest BCUT2D eigenvalue weighted by Crippen LogP contribution is 2.45. The van der Waals surface area contributed by atoms with E-state index in [9.17, 15) is 19.7 Å². The van der Waals surface area contributed by atoms with Crippen molar-refractivity contribution in [2.75, 3.05) is 31.2 Å². The number of nitro benzene ring substituents is 1. The predicted octanol–water partition coefficient (Wildman–Crippen LogP) is 23.5. The van der Waals surface area contributed by atoms with Gasteiger partial charge in [-0.05, 0) is 177 Å². The standard InChI is InChI=1S/C80H106N4O10/c1-9-15-19-23-25-27-29-31-35-55-89-69-51-47-65(48-52-69)63-39-43-67(44-40-63)79(85)93-76-59-73(83(13-5)14-6)77(92-62(8)38-34-22-18-12-4)57-72(76)82-81-71-58-78(74(84(87)88)60-75(71)91-61(7)37-33-21-17-11-3)94-80(86)68-45-41-64(42-46-68)66-49-53-70(54-50-66)90-56-36-32-30-28-26-24-20-16-10-2/h9-10,15-16,39-54,57-62H,11-14,17-38,55-56H2,1-8H3/b15-9+,16-10+,82-81?/t61-,62-/m0/s1. The van der Waals surface area contributed by atoms with Crippen molar-refractivity contribution in [2.45, 2.75) is 222 Å². The van der Waals surface area contributed by atoms with Gasteiger partial charge in [0.05, 0.1) is 53.2 Å². The van der Waals surface area contributed by atoms with Gasteiger partial charge < -0.3 is 33.3 Å². The maximum atomic E-state index is 14.4. The Kier molecular flexibility index (Phi) is 34.1. The summed E-state index contributed by atoms with van der Waals surface area (Å²) in [4.78, 5) is 42.9. The summed E-state index contributed by atoms with van der Waals surface area (Å²) in [7, 11) is 0. The number of benzene rings is 6. The lowest BCUT2D eigenvalue weighted by Crippen LogP contribution is -2.24. The van der Waals surface area contributed by atoms with E-state index in [4.69, 9.17) is 38.6 Å². The third kappa shape index (κ3) is 25.9. The van der Waals surface area contributed by atoms with Crippen molar-refractivity contribution in [2.24, 2.45) is 10.2 Å². The first-order valence-corrected chi connectivity index (χ1v) is 35.2. The van der Waals surface area contributed by atoms with Gasteiger partial charge in [0.2, 0.25) is 5.75 Å². The molecule has 0 aliphatic heterocycles. The zero-order valence-corrected chi connectivity index (χ0v) is 57.7. The summed E-state index contributed by atoms with van der Waals surface area (Å²) in [5, 5.41) is 22.4. The van der Waals surface area contributed by atoms with E-state index in [1.165, 1.54) is 63.5 Å². The molecule has 0 unspecified atom stereocenters. The second kappa shape index (κ2) is 42.9. The fourth-order valence-corrected chi connectivity index (χ4v) is 11.2. The average Bonchev–Trinajstić information content (AvgIpc) is 0.830. The lowest BCUT2D eigenvalue weighted by atomic mass is 10.0. The van der Waals surface area contributed by atoms with Crippen LogP contribution in [0.25, 0.3) is 22.3 Å². The Bertz CT molecular complexity index is 3260. The van der Waals surface area contributed by atoms with E-state index >= 15 is 0 Å². The number of ether oxygens (including phenoxy) is 6. The Balaban J connectivity index is 1.26. The molecule has 0 saturated carbocycles. The van der Waals surface area contributed by atoms with Crippen molar-refractivity contribution >= 4 is 34.7 Å². The smallest absolute Gasteiger partial charge is 0.343 e. The quantitative estimate of drug-likeness (QED) is 0.00680. The highest BCUT2D eigenvalue weighted by molar-refractivity contribution is 5.93. The van der Waals surface area contributed by atoms with E-state index in [2.05, 4.69) is 70.7 Å². The molecule has 14 heteroatoms. The van der Waals surface area contributed by atoms with E-state index in [0.29, 0.717) is 49.7 Å². The predicted molar refractivity (Wildman–Crippen MR) is 384 cm³/mol. The molecule has 0 spiro atoms. The molecule has 0 fully saturated rings. The topological polar surface area (TPSA) is 161 Å². The molecule has 0 amide bonds. The van der Waals surface area contributed by atoms with Crippen LogP contribution >= 0.6 is 0 Å². The monoisotopic (exact) mass is 1280 g/mol. The highest BCUT2D eigenvalue weighted by atomic mass is 16.6. The molecule has 6 rings (SSSR count). The van der Waals surface area contributed by atoms with Gasteiger partial charge in [0.1, 0.15) is 28.6 Å². The van der Waals surface area contributed by atoms with Crippen molar-refractivity contribution < 1.29 is 42.9 Å². The molecule has 0 radical (unpaired) electrons. The van der Waals surface area contributed by atoms with Gasteiger partial charge >= 0.3 is 17.6 Å². The van der Waals surface area contributed by atoms with Crippen LogP contribution < -0.4 is 33.3 Å². The zero-order chi connectivity index (χ0) is 67.1. The normalized spacial score (nSPS) is 12.1. The minimum absolute atomic E-state index is 0.0481. The van der Waals surface area contributed by atoms with Crippen molar-refractivity contribution in [3.05, 3.63) is 167 Å². The van der Waals surface area contributed by atoms with Crippen LogP contribution in [0.5, 0.6) is 34.5 Å². The van der Waals surface area contributed by atoms with Crippen molar-refractivity contribution in [3.63, 3.8) is 0 Å². The van der Waals surface area contributed by atoms with Crippen LogP contribution in [0.4, 0.5) is 22.7 Å². The number of carbonyl (C=O) groups is 2. The molecule has 0 aliphatic rings. The third-order valence-corrected chi connectivity index (χ3v) is 16.8. The number of rotatable bonds is 46. The van der Waals surface area contributed by atoms with Crippen molar-refractivity contribution in [3.8, 4) is 56.8 Å². The van der Waals surface area contributed by atoms with Gasteiger partial charge in [-0.25, -0.2) is 9.59 Å². The molecule has 0 aliphatic carbocycles. The molecule has 506 valence electrons. The Morgan fingerprint density at radius 1 is 0.468 bits per heavy atom. The third-order valence-electron chi connectivity index (χ3n) is 16.8. The van der Waals surface area contributed by atoms with Gasteiger partial charge in [-0.1, -0.05) is 177 Å². The van der Waals surface area contributed by atoms with E-state index in [-0.39, 0.29) is 46.4 Å². The van der Waals surface area contributed by atoms with Crippen LogP contribution in [-0.4, -0.2) is 55.4 Å². The number of nitrogens with zero attached hydrogens (tertiary/aromatic N) is 4. The SMILES string of the molecule is C/C=C/CCCCCCCCOc1ccc(-c2ccc(C(=O)Oc3cc(N(CC)CC)c(O[C@@H](C)CCCCCC)cc3N=Nc3cc(OC(=O)c4ccc(-c5ccc(OCCCCCCCC/C=C/C)cc5)cc4)c([N+](=O)[O-])cc3O[C@@H](C)CCCCCC)cc2)cc1. The van der Waals surface area contributed by atoms with Gasteiger partial charge in [0.25, 0.3) is 0 Å². The van der Waals surface area contributed by atoms with Crippen LogP contribution in [0.2, 0.25) is 0 Å². The number of carbonyl (C=O) groups excluding carboxylic acids is 2. The largest absolute Gasteiger partial charge is 0.494 e. The highest BCUT2D eigenvalue weighted by Gasteiger charge is 2.26. The first-order chi connectivity index (χ1) is 45.9. The average molecular weight is 1280 g/mol. The Hall–Kier alpha value is -8.26. The lowest BCUT2D eigenvalue weighted by Gasteiger charge is -2.26. The molecule has 2 atom stereocenters. The molecule has 0 saturated heterocycles. The number of hydrogen-bond donors (Lipinski definition) is 0.